The highest BCUT2D eigenvalue weighted by Gasteiger charge is 2.16. The molecule has 0 amide bonds. The molecule has 4 nitrogen and oxygen atoms in total. The van der Waals surface area contributed by atoms with Crippen LogP contribution in [0, 0.1) is 0 Å². The number of ether oxygens (including phenoxy) is 1. The van der Waals surface area contributed by atoms with Crippen molar-refractivity contribution in [3.8, 4) is 0 Å². The predicted molar refractivity (Wildman–Crippen MR) is 61.3 cm³/mol. The van der Waals surface area contributed by atoms with Gasteiger partial charge in [-0.15, -0.1) is 0 Å². The van der Waals surface area contributed by atoms with Crippen molar-refractivity contribution >= 4 is 26.0 Å². The molecule has 0 unspecified atom stereocenters. The van der Waals surface area contributed by atoms with E-state index in [0.717, 1.165) is 11.8 Å². The lowest BCUT2D eigenvalue weighted by atomic mass is 10.5. The van der Waals surface area contributed by atoms with E-state index >= 15 is 0 Å². The Balaban J connectivity index is 3.91. The van der Waals surface area contributed by atoms with E-state index in [2.05, 4.69) is 15.9 Å². The molecule has 86 valence electrons. The van der Waals surface area contributed by atoms with Gasteiger partial charge in [0.05, 0.1) is 12.4 Å². The van der Waals surface area contributed by atoms with Gasteiger partial charge in [-0.05, 0) is 13.3 Å². The summed E-state index contributed by atoms with van der Waals surface area (Å²) >= 11 is 3.26. The van der Waals surface area contributed by atoms with E-state index in [-0.39, 0.29) is 12.4 Å². The number of hydrogen-bond donors (Lipinski definition) is 0. The smallest absolute Gasteiger partial charge is 0.216 e. The summed E-state index contributed by atoms with van der Waals surface area (Å²) < 4.78 is 29.5. The lowest BCUT2D eigenvalue weighted by Crippen LogP contribution is -2.31. The topological polar surface area (TPSA) is 46.6 Å². The summed E-state index contributed by atoms with van der Waals surface area (Å²) in [6.45, 7) is 3.24. The van der Waals surface area contributed by atoms with Crippen LogP contribution in [0.4, 0.5) is 0 Å². The van der Waals surface area contributed by atoms with Gasteiger partial charge >= 0.3 is 0 Å². The molecular weight excluding hydrogens is 270 g/mol. The monoisotopic (exact) mass is 287 g/mol. The summed E-state index contributed by atoms with van der Waals surface area (Å²) in [5.41, 5.74) is 0. The average Bonchev–Trinajstić information content (AvgIpc) is 2.14. The fourth-order valence-corrected chi connectivity index (χ4v) is 2.18. The summed E-state index contributed by atoms with van der Waals surface area (Å²) in [5.74, 6) is 0.0691. The minimum atomic E-state index is -3.12. The van der Waals surface area contributed by atoms with Crippen LogP contribution in [0.15, 0.2) is 0 Å². The molecule has 0 aliphatic rings. The molecule has 14 heavy (non-hydrogen) atoms. The second-order valence-electron chi connectivity index (χ2n) is 2.88. The largest absolute Gasteiger partial charge is 0.381 e. The summed E-state index contributed by atoms with van der Waals surface area (Å²) in [4.78, 5) is 0. The van der Waals surface area contributed by atoms with E-state index in [0.29, 0.717) is 13.2 Å². The number of nitrogens with zero attached hydrogens (tertiary/aromatic N) is 1. The first-order valence-corrected chi connectivity index (χ1v) is 7.35. The Morgan fingerprint density at radius 3 is 2.57 bits per heavy atom. The Kier molecular flexibility index (Phi) is 7.81. The second kappa shape index (κ2) is 7.62. The van der Waals surface area contributed by atoms with Crippen LogP contribution in [-0.2, 0) is 14.8 Å². The molecule has 0 aliphatic heterocycles. The Morgan fingerprint density at radius 2 is 2.07 bits per heavy atom. The van der Waals surface area contributed by atoms with Crippen LogP contribution in [-0.4, -0.2) is 50.6 Å². The summed E-state index contributed by atoms with van der Waals surface area (Å²) in [6.07, 6.45) is 0.824. The van der Waals surface area contributed by atoms with E-state index < -0.39 is 10.0 Å². The molecule has 0 saturated heterocycles. The molecule has 0 aromatic heterocycles. The van der Waals surface area contributed by atoms with Crippen LogP contribution in [0.3, 0.4) is 0 Å². The van der Waals surface area contributed by atoms with Crippen molar-refractivity contribution in [2.75, 3.05) is 37.9 Å². The quantitative estimate of drug-likeness (QED) is 0.496. The van der Waals surface area contributed by atoms with Gasteiger partial charge in [0.2, 0.25) is 10.0 Å². The fraction of sp³-hybridized carbons (Fsp3) is 1.00. The molecule has 0 atom stereocenters. The molecule has 0 fully saturated rings. The maximum absolute atomic E-state index is 11.5. The summed E-state index contributed by atoms with van der Waals surface area (Å²) in [7, 11) is -1.52. The van der Waals surface area contributed by atoms with E-state index in [4.69, 9.17) is 4.74 Å². The Labute approximate surface area is 94.8 Å². The molecule has 0 heterocycles. The van der Waals surface area contributed by atoms with Gasteiger partial charge in [0.15, 0.2) is 0 Å². The first-order valence-electron chi connectivity index (χ1n) is 4.62. The molecule has 0 N–H and O–H groups in total. The summed E-state index contributed by atoms with van der Waals surface area (Å²) in [5, 5.41) is 0.818. The molecule has 0 saturated carbocycles. The molecule has 0 spiro atoms. The number of hydrogen-bond acceptors (Lipinski definition) is 3. The van der Waals surface area contributed by atoms with Gasteiger partial charge in [-0.25, -0.2) is 12.7 Å². The Hall–Kier alpha value is 0.350. The third-order valence-electron chi connectivity index (χ3n) is 1.77. The lowest BCUT2D eigenvalue weighted by molar-refractivity contribution is 0.162. The molecule has 0 rings (SSSR count). The van der Waals surface area contributed by atoms with Crippen molar-refractivity contribution in [1.29, 1.82) is 0 Å². The normalized spacial score (nSPS) is 12.3. The van der Waals surface area contributed by atoms with Crippen LogP contribution in [0.2, 0.25) is 0 Å². The molecule has 0 radical (unpaired) electrons. The van der Waals surface area contributed by atoms with Crippen molar-refractivity contribution in [3.05, 3.63) is 0 Å². The van der Waals surface area contributed by atoms with Crippen LogP contribution in [0.5, 0.6) is 0 Å². The van der Waals surface area contributed by atoms with Gasteiger partial charge in [-0.3, -0.25) is 0 Å². The zero-order chi connectivity index (χ0) is 11.0. The minimum Gasteiger partial charge on any atom is -0.381 e. The first kappa shape index (κ1) is 14.3. The van der Waals surface area contributed by atoms with Crippen molar-refractivity contribution in [2.45, 2.75) is 13.3 Å². The lowest BCUT2D eigenvalue weighted by Gasteiger charge is -2.16. The van der Waals surface area contributed by atoms with Gasteiger partial charge < -0.3 is 4.74 Å². The Bertz CT molecular complexity index is 231. The van der Waals surface area contributed by atoms with Crippen LogP contribution >= 0.6 is 15.9 Å². The number of alkyl halides is 1. The number of sulfonamides is 1. The van der Waals surface area contributed by atoms with Gasteiger partial charge in [0.25, 0.3) is 0 Å². The Morgan fingerprint density at radius 1 is 1.43 bits per heavy atom. The predicted octanol–water partition coefficient (Wildman–Crippen LogP) is 1.07. The van der Waals surface area contributed by atoms with Gasteiger partial charge in [-0.1, -0.05) is 15.9 Å². The highest BCUT2D eigenvalue weighted by Crippen LogP contribution is 2.00. The molecule has 0 aliphatic carbocycles. The number of rotatable bonds is 8. The first-order chi connectivity index (χ1) is 6.54. The van der Waals surface area contributed by atoms with Crippen LogP contribution in [0.25, 0.3) is 0 Å². The van der Waals surface area contributed by atoms with Crippen molar-refractivity contribution < 1.29 is 13.2 Å². The average molecular weight is 288 g/mol. The van der Waals surface area contributed by atoms with E-state index in [1.807, 2.05) is 6.92 Å². The molecular formula is C8H18BrNO3S. The fourth-order valence-electron chi connectivity index (χ4n) is 0.886. The highest BCUT2D eigenvalue weighted by atomic mass is 79.9. The van der Waals surface area contributed by atoms with Crippen molar-refractivity contribution in [2.24, 2.45) is 0 Å². The van der Waals surface area contributed by atoms with Gasteiger partial charge in [0.1, 0.15) is 0 Å². The molecule has 6 heteroatoms. The standard InChI is InChI=1S/C8H18BrNO3S/c1-3-13-7-8-14(11,12)10(2)6-4-5-9/h3-8H2,1-2H3. The SMILES string of the molecule is CCOCCS(=O)(=O)N(C)CCCBr. The minimum absolute atomic E-state index is 0.0691. The number of halogens is 1. The third-order valence-corrected chi connectivity index (χ3v) is 4.15. The van der Waals surface area contributed by atoms with Gasteiger partial charge in [0, 0.05) is 25.5 Å². The second-order valence-corrected chi connectivity index (χ2v) is 5.87. The highest BCUT2D eigenvalue weighted by molar-refractivity contribution is 9.09. The van der Waals surface area contributed by atoms with E-state index in [1.54, 1.807) is 7.05 Å². The van der Waals surface area contributed by atoms with Crippen molar-refractivity contribution in [3.63, 3.8) is 0 Å². The van der Waals surface area contributed by atoms with Crippen LogP contribution < -0.4 is 0 Å². The maximum atomic E-state index is 11.5. The molecule has 0 aromatic carbocycles. The molecule has 0 bridgehead atoms. The third kappa shape index (κ3) is 5.95. The van der Waals surface area contributed by atoms with Crippen LogP contribution in [0.1, 0.15) is 13.3 Å². The van der Waals surface area contributed by atoms with Gasteiger partial charge in [-0.2, -0.15) is 0 Å². The summed E-state index contributed by atoms with van der Waals surface area (Å²) in [6, 6.07) is 0. The van der Waals surface area contributed by atoms with E-state index in [1.165, 1.54) is 4.31 Å². The zero-order valence-electron chi connectivity index (χ0n) is 8.70. The maximum Gasteiger partial charge on any atom is 0.216 e. The molecule has 0 aromatic rings. The van der Waals surface area contributed by atoms with E-state index in [9.17, 15) is 8.42 Å². The van der Waals surface area contributed by atoms with Crippen molar-refractivity contribution in [1.82, 2.24) is 4.31 Å². The zero-order valence-corrected chi connectivity index (χ0v) is 11.1.